The monoisotopic (exact) mass is 355 g/mol. The summed E-state index contributed by atoms with van der Waals surface area (Å²) < 4.78 is 2.14. The molecule has 0 saturated heterocycles. The summed E-state index contributed by atoms with van der Waals surface area (Å²) in [4.78, 5) is 15.3. The maximum Gasteiger partial charge on any atom is 0.222 e. The minimum atomic E-state index is 0.525. The van der Waals surface area contributed by atoms with Crippen LogP contribution in [0.15, 0.2) is 42.3 Å². The van der Waals surface area contributed by atoms with E-state index < -0.39 is 0 Å². The summed E-state index contributed by atoms with van der Waals surface area (Å²) in [5, 5.41) is 11.0. The van der Waals surface area contributed by atoms with Crippen molar-refractivity contribution in [1.29, 1.82) is 0 Å². The number of fused-ring (bicyclic) bond motifs is 1. The van der Waals surface area contributed by atoms with Gasteiger partial charge in [0.25, 0.3) is 0 Å². The van der Waals surface area contributed by atoms with E-state index in [2.05, 4.69) is 41.0 Å². The van der Waals surface area contributed by atoms with Gasteiger partial charge in [-0.3, -0.25) is 9.58 Å². The first-order valence-corrected chi connectivity index (χ1v) is 9.37. The minimum Gasteiger partial charge on any atom is -0.354 e. The van der Waals surface area contributed by atoms with Crippen LogP contribution in [0.5, 0.6) is 0 Å². The van der Waals surface area contributed by atoms with Gasteiger partial charge in [0, 0.05) is 56.3 Å². The zero-order valence-corrected chi connectivity index (χ0v) is 14.8. The fraction of sp³-hybridized carbons (Fsp3) is 0.412. The van der Waals surface area contributed by atoms with Gasteiger partial charge in [-0.05, 0) is 24.5 Å². The van der Waals surface area contributed by atoms with Crippen LogP contribution >= 0.6 is 11.3 Å². The third-order valence-corrected chi connectivity index (χ3v) is 5.15. The van der Waals surface area contributed by atoms with Gasteiger partial charge in [0.1, 0.15) is 5.01 Å². The molecule has 3 aromatic rings. The molecular formula is C17H21N7S. The molecule has 25 heavy (non-hydrogen) atoms. The van der Waals surface area contributed by atoms with E-state index in [-0.39, 0.29) is 0 Å². The molecule has 3 aromatic heterocycles. The van der Waals surface area contributed by atoms with Gasteiger partial charge in [-0.2, -0.15) is 5.10 Å². The number of rotatable bonds is 6. The normalized spacial score (nSPS) is 17.8. The van der Waals surface area contributed by atoms with Crippen LogP contribution in [0.3, 0.4) is 0 Å². The maximum absolute atomic E-state index is 4.50. The minimum absolute atomic E-state index is 0.525. The van der Waals surface area contributed by atoms with Crippen molar-refractivity contribution in [2.24, 2.45) is 5.92 Å². The van der Waals surface area contributed by atoms with E-state index in [1.54, 1.807) is 23.7 Å². The molecule has 7 nitrogen and oxygen atoms in total. The van der Waals surface area contributed by atoms with Crippen LogP contribution in [0.4, 0.5) is 5.95 Å². The SMILES string of the molecule is c1cnc(NCC[C@H]2CN(Cc3nccs3)Cc3ccnn3C2)nc1. The number of hydrogen-bond acceptors (Lipinski definition) is 7. The molecule has 0 saturated carbocycles. The molecule has 130 valence electrons. The lowest BCUT2D eigenvalue weighted by Crippen LogP contribution is -2.28. The molecular weight excluding hydrogens is 334 g/mol. The molecule has 1 aliphatic heterocycles. The molecule has 0 unspecified atom stereocenters. The standard InChI is InChI=1S/C17H21N7S/c1-4-19-17(20-5-1)21-6-2-14-10-23(13-16-18-8-9-25-16)12-15-3-7-22-24(15)11-14/h1,3-5,7-9,14H,2,6,10-13H2,(H,19,20,21)/t14-/m0/s1. The second-order valence-electron chi connectivity index (χ2n) is 6.25. The van der Waals surface area contributed by atoms with Gasteiger partial charge < -0.3 is 5.32 Å². The van der Waals surface area contributed by atoms with Crippen LogP contribution in [0.25, 0.3) is 0 Å². The van der Waals surface area contributed by atoms with Gasteiger partial charge in [-0.1, -0.05) is 0 Å². The smallest absolute Gasteiger partial charge is 0.222 e. The largest absolute Gasteiger partial charge is 0.354 e. The molecule has 0 spiro atoms. The van der Waals surface area contributed by atoms with E-state index in [4.69, 9.17) is 0 Å². The highest BCUT2D eigenvalue weighted by molar-refractivity contribution is 7.09. The predicted molar refractivity (Wildman–Crippen MR) is 97.1 cm³/mol. The zero-order chi connectivity index (χ0) is 16.9. The number of hydrogen-bond donors (Lipinski definition) is 1. The summed E-state index contributed by atoms with van der Waals surface area (Å²) in [6.07, 6.45) is 8.34. The Morgan fingerprint density at radius 1 is 1.12 bits per heavy atom. The highest BCUT2D eigenvalue weighted by Crippen LogP contribution is 2.20. The van der Waals surface area contributed by atoms with Gasteiger partial charge in [-0.25, -0.2) is 15.0 Å². The molecule has 8 heteroatoms. The Morgan fingerprint density at radius 2 is 2.04 bits per heavy atom. The molecule has 0 radical (unpaired) electrons. The van der Waals surface area contributed by atoms with Crippen molar-refractivity contribution in [3.05, 3.63) is 53.0 Å². The highest BCUT2D eigenvalue weighted by Gasteiger charge is 2.22. The molecule has 1 atom stereocenters. The molecule has 0 aromatic carbocycles. The number of aromatic nitrogens is 5. The van der Waals surface area contributed by atoms with Crippen molar-refractivity contribution >= 4 is 17.3 Å². The molecule has 4 rings (SSSR count). The fourth-order valence-electron chi connectivity index (χ4n) is 3.22. The first-order chi connectivity index (χ1) is 12.4. The Kier molecular flexibility index (Phi) is 4.98. The van der Waals surface area contributed by atoms with Gasteiger partial charge in [0.2, 0.25) is 5.95 Å². The lowest BCUT2D eigenvalue weighted by atomic mass is 10.1. The second-order valence-corrected chi connectivity index (χ2v) is 7.23. The summed E-state index contributed by atoms with van der Waals surface area (Å²) in [7, 11) is 0. The third kappa shape index (κ3) is 4.21. The van der Waals surface area contributed by atoms with Crippen molar-refractivity contribution < 1.29 is 0 Å². The van der Waals surface area contributed by atoms with E-state index in [1.807, 2.05) is 23.8 Å². The predicted octanol–water partition coefficient (Wildman–Crippen LogP) is 2.26. The van der Waals surface area contributed by atoms with E-state index in [9.17, 15) is 0 Å². The molecule has 0 bridgehead atoms. The lowest BCUT2D eigenvalue weighted by Gasteiger charge is -2.23. The molecule has 0 amide bonds. The van der Waals surface area contributed by atoms with Crippen molar-refractivity contribution in [2.45, 2.75) is 26.1 Å². The number of anilines is 1. The highest BCUT2D eigenvalue weighted by atomic mass is 32.1. The molecule has 4 heterocycles. The van der Waals surface area contributed by atoms with Crippen LogP contribution < -0.4 is 5.32 Å². The summed E-state index contributed by atoms with van der Waals surface area (Å²) in [6.45, 7) is 4.67. The average molecular weight is 355 g/mol. The van der Waals surface area contributed by atoms with Crippen LogP contribution in [0, 0.1) is 5.92 Å². The molecule has 1 N–H and O–H groups in total. The first-order valence-electron chi connectivity index (χ1n) is 8.49. The van der Waals surface area contributed by atoms with E-state index in [0.29, 0.717) is 11.9 Å². The zero-order valence-electron chi connectivity index (χ0n) is 14.0. The van der Waals surface area contributed by atoms with Crippen molar-refractivity contribution in [3.8, 4) is 0 Å². The number of nitrogens with zero attached hydrogens (tertiary/aromatic N) is 6. The Bertz CT molecular complexity index is 771. The maximum atomic E-state index is 4.50. The number of thiazole rings is 1. The van der Waals surface area contributed by atoms with Crippen LogP contribution in [-0.4, -0.2) is 42.7 Å². The Morgan fingerprint density at radius 3 is 2.88 bits per heavy atom. The fourth-order valence-corrected chi connectivity index (χ4v) is 3.88. The summed E-state index contributed by atoms with van der Waals surface area (Å²) in [6, 6.07) is 3.94. The van der Waals surface area contributed by atoms with Crippen molar-refractivity contribution in [2.75, 3.05) is 18.4 Å². The van der Waals surface area contributed by atoms with E-state index in [0.717, 1.165) is 39.1 Å². The summed E-state index contributed by atoms with van der Waals surface area (Å²) in [5.74, 6) is 1.22. The average Bonchev–Trinajstić information content (AvgIpc) is 3.25. The van der Waals surface area contributed by atoms with Gasteiger partial charge in [-0.15, -0.1) is 11.3 Å². The second kappa shape index (κ2) is 7.71. The molecule has 0 aliphatic carbocycles. The Labute approximate surface area is 150 Å². The first kappa shape index (κ1) is 16.2. The lowest BCUT2D eigenvalue weighted by molar-refractivity contribution is 0.216. The van der Waals surface area contributed by atoms with Crippen LogP contribution in [-0.2, 0) is 19.6 Å². The topological polar surface area (TPSA) is 71.8 Å². The summed E-state index contributed by atoms with van der Waals surface area (Å²) >= 11 is 1.72. The van der Waals surface area contributed by atoms with Crippen LogP contribution in [0.2, 0.25) is 0 Å². The molecule has 0 fully saturated rings. The van der Waals surface area contributed by atoms with Gasteiger partial charge in [0.15, 0.2) is 0 Å². The Hall–Kier alpha value is -2.32. The third-order valence-electron chi connectivity index (χ3n) is 4.38. The number of nitrogens with one attached hydrogen (secondary N) is 1. The molecule has 1 aliphatic rings. The van der Waals surface area contributed by atoms with E-state index >= 15 is 0 Å². The van der Waals surface area contributed by atoms with Crippen LogP contribution in [0.1, 0.15) is 17.1 Å². The summed E-state index contributed by atoms with van der Waals surface area (Å²) in [5.41, 5.74) is 1.28. The van der Waals surface area contributed by atoms with Gasteiger partial charge in [0.05, 0.1) is 12.2 Å². The quantitative estimate of drug-likeness (QED) is 0.731. The Balaban J connectivity index is 1.40. The van der Waals surface area contributed by atoms with Gasteiger partial charge >= 0.3 is 0 Å². The van der Waals surface area contributed by atoms with Crippen molar-refractivity contribution in [3.63, 3.8) is 0 Å². The van der Waals surface area contributed by atoms with Crippen molar-refractivity contribution in [1.82, 2.24) is 29.6 Å². The van der Waals surface area contributed by atoms with E-state index in [1.165, 1.54) is 10.7 Å².